The SMILES string of the molecule is O=C(CSc1n[nH]c(=O)n1C[C@H]1CCCO1)Nc1ccc(F)cc1. The number of aromatic nitrogens is 3. The number of H-pyrrole nitrogens is 1. The number of benzene rings is 1. The lowest BCUT2D eigenvalue weighted by atomic mass is 10.2. The highest BCUT2D eigenvalue weighted by Gasteiger charge is 2.20. The number of carbonyl (C=O) groups is 1. The lowest BCUT2D eigenvalue weighted by molar-refractivity contribution is -0.113. The Morgan fingerprint density at radius 2 is 2.25 bits per heavy atom. The maximum Gasteiger partial charge on any atom is 0.344 e. The molecule has 0 saturated carbocycles. The molecule has 1 aliphatic rings. The van der Waals surface area contributed by atoms with E-state index in [-0.39, 0.29) is 29.3 Å². The van der Waals surface area contributed by atoms with Crippen molar-refractivity contribution < 1.29 is 13.9 Å². The summed E-state index contributed by atoms with van der Waals surface area (Å²) in [7, 11) is 0. The van der Waals surface area contributed by atoms with Gasteiger partial charge in [0.25, 0.3) is 0 Å². The molecule has 2 heterocycles. The highest BCUT2D eigenvalue weighted by Crippen LogP contribution is 2.18. The Morgan fingerprint density at radius 3 is 2.96 bits per heavy atom. The van der Waals surface area contributed by atoms with Crippen LogP contribution in [-0.2, 0) is 16.1 Å². The number of nitrogens with one attached hydrogen (secondary N) is 2. The molecule has 0 radical (unpaired) electrons. The largest absolute Gasteiger partial charge is 0.376 e. The van der Waals surface area contributed by atoms with Gasteiger partial charge in [-0.25, -0.2) is 14.3 Å². The first-order valence-corrected chi connectivity index (χ1v) is 8.55. The van der Waals surface area contributed by atoms with Crippen molar-refractivity contribution in [1.29, 1.82) is 0 Å². The van der Waals surface area contributed by atoms with Crippen LogP contribution in [0, 0.1) is 5.82 Å². The molecule has 0 bridgehead atoms. The van der Waals surface area contributed by atoms with E-state index in [1.54, 1.807) is 0 Å². The molecule has 0 aliphatic carbocycles. The van der Waals surface area contributed by atoms with E-state index in [0.717, 1.165) is 24.6 Å². The number of thioether (sulfide) groups is 1. The summed E-state index contributed by atoms with van der Waals surface area (Å²) in [4.78, 5) is 23.8. The molecule has 0 unspecified atom stereocenters. The topological polar surface area (TPSA) is 89.0 Å². The van der Waals surface area contributed by atoms with Crippen LogP contribution in [0.2, 0.25) is 0 Å². The predicted molar refractivity (Wildman–Crippen MR) is 87.6 cm³/mol. The van der Waals surface area contributed by atoms with Gasteiger partial charge in [-0.05, 0) is 37.1 Å². The molecule has 1 aromatic carbocycles. The summed E-state index contributed by atoms with van der Waals surface area (Å²) < 4.78 is 19.9. The number of hydrogen-bond acceptors (Lipinski definition) is 5. The molecular formula is C15H17FN4O3S. The fraction of sp³-hybridized carbons (Fsp3) is 0.400. The molecule has 1 fully saturated rings. The van der Waals surface area contributed by atoms with Gasteiger partial charge in [0.1, 0.15) is 5.82 Å². The molecule has 1 aromatic heterocycles. The van der Waals surface area contributed by atoms with Crippen LogP contribution in [0.4, 0.5) is 10.1 Å². The van der Waals surface area contributed by atoms with Gasteiger partial charge in [0.15, 0.2) is 5.16 Å². The van der Waals surface area contributed by atoms with Gasteiger partial charge in [0.05, 0.1) is 18.4 Å². The Morgan fingerprint density at radius 1 is 1.46 bits per heavy atom. The zero-order valence-electron chi connectivity index (χ0n) is 12.8. The van der Waals surface area contributed by atoms with Gasteiger partial charge in [0.2, 0.25) is 5.91 Å². The molecular weight excluding hydrogens is 335 g/mol. The minimum atomic E-state index is -0.364. The third-order valence-corrected chi connectivity index (χ3v) is 4.57. The molecule has 128 valence electrons. The molecule has 1 amide bonds. The lowest BCUT2D eigenvalue weighted by Crippen LogP contribution is -2.25. The van der Waals surface area contributed by atoms with Crippen molar-refractivity contribution in [2.24, 2.45) is 0 Å². The van der Waals surface area contributed by atoms with E-state index in [1.165, 1.54) is 28.8 Å². The van der Waals surface area contributed by atoms with Crippen molar-refractivity contribution in [1.82, 2.24) is 14.8 Å². The molecule has 3 rings (SSSR count). The lowest BCUT2D eigenvalue weighted by Gasteiger charge is -2.11. The van der Waals surface area contributed by atoms with Gasteiger partial charge >= 0.3 is 5.69 Å². The van der Waals surface area contributed by atoms with Crippen molar-refractivity contribution in [2.75, 3.05) is 17.7 Å². The van der Waals surface area contributed by atoms with E-state index in [9.17, 15) is 14.0 Å². The maximum absolute atomic E-state index is 12.8. The van der Waals surface area contributed by atoms with Crippen LogP contribution in [0.25, 0.3) is 0 Å². The Labute approximate surface area is 141 Å². The number of ether oxygens (including phenoxy) is 1. The minimum Gasteiger partial charge on any atom is -0.376 e. The van der Waals surface area contributed by atoms with E-state index in [0.29, 0.717) is 24.0 Å². The van der Waals surface area contributed by atoms with Crippen molar-refractivity contribution in [2.45, 2.75) is 30.6 Å². The quantitative estimate of drug-likeness (QED) is 0.771. The molecule has 2 N–H and O–H groups in total. The van der Waals surface area contributed by atoms with Crippen LogP contribution in [0.1, 0.15) is 12.8 Å². The van der Waals surface area contributed by atoms with Crippen LogP contribution in [-0.4, -0.2) is 39.1 Å². The van der Waals surface area contributed by atoms with E-state index in [1.807, 2.05) is 0 Å². The molecule has 1 atom stereocenters. The Bertz CT molecular complexity index is 753. The van der Waals surface area contributed by atoms with Gasteiger partial charge < -0.3 is 10.1 Å². The molecule has 1 aliphatic heterocycles. The van der Waals surface area contributed by atoms with Gasteiger partial charge in [-0.3, -0.25) is 9.36 Å². The Kier molecular flexibility index (Phi) is 5.31. The van der Waals surface area contributed by atoms with Crippen LogP contribution in [0.5, 0.6) is 0 Å². The highest BCUT2D eigenvalue weighted by atomic mass is 32.2. The maximum atomic E-state index is 12.8. The average molecular weight is 352 g/mol. The van der Waals surface area contributed by atoms with Crippen molar-refractivity contribution in [3.8, 4) is 0 Å². The number of amides is 1. The third kappa shape index (κ3) is 4.24. The fourth-order valence-corrected chi connectivity index (χ4v) is 3.18. The number of nitrogens with zero attached hydrogens (tertiary/aromatic N) is 2. The number of anilines is 1. The number of aromatic amines is 1. The van der Waals surface area contributed by atoms with Gasteiger partial charge in [0, 0.05) is 12.3 Å². The zero-order valence-corrected chi connectivity index (χ0v) is 13.6. The minimum absolute atomic E-state index is 0.00712. The summed E-state index contributed by atoms with van der Waals surface area (Å²) in [5.74, 6) is -0.532. The second kappa shape index (κ2) is 7.63. The van der Waals surface area contributed by atoms with Crippen molar-refractivity contribution in [3.63, 3.8) is 0 Å². The Balaban J connectivity index is 1.57. The second-order valence-corrected chi connectivity index (χ2v) is 6.34. The third-order valence-electron chi connectivity index (χ3n) is 3.59. The number of carbonyl (C=O) groups excluding carboxylic acids is 1. The van der Waals surface area contributed by atoms with Gasteiger partial charge in [-0.1, -0.05) is 11.8 Å². The summed E-state index contributed by atoms with van der Waals surface area (Å²) in [5.41, 5.74) is 0.202. The summed E-state index contributed by atoms with van der Waals surface area (Å²) >= 11 is 1.16. The summed E-state index contributed by atoms with van der Waals surface area (Å²) in [6.07, 6.45) is 1.90. The van der Waals surface area contributed by atoms with Crippen LogP contribution in [0.15, 0.2) is 34.2 Å². The molecule has 1 saturated heterocycles. The summed E-state index contributed by atoms with van der Waals surface area (Å²) in [5, 5.41) is 9.46. The first kappa shape index (κ1) is 16.7. The standard InChI is InChI=1S/C15H17FN4O3S/c16-10-3-5-11(6-4-10)17-13(21)9-24-15-19-18-14(22)20(15)8-12-2-1-7-23-12/h3-6,12H,1-2,7-9H2,(H,17,21)(H,18,22)/t12-/m1/s1. The van der Waals surface area contributed by atoms with E-state index >= 15 is 0 Å². The summed E-state index contributed by atoms with van der Waals surface area (Å²) in [6.45, 7) is 1.14. The van der Waals surface area contributed by atoms with Crippen LogP contribution in [0.3, 0.4) is 0 Å². The number of rotatable bonds is 6. The predicted octanol–water partition coefficient (Wildman–Crippen LogP) is 1.62. The molecule has 24 heavy (non-hydrogen) atoms. The number of hydrogen-bond donors (Lipinski definition) is 2. The normalized spacial score (nSPS) is 17.1. The van der Waals surface area contributed by atoms with E-state index in [2.05, 4.69) is 15.5 Å². The highest BCUT2D eigenvalue weighted by molar-refractivity contribution is 7.99. The fourth-order valence-electron chi connectivity index (χ4n) is 2.43. The van der Waals surface area contributed by atoms with E-state index < -0.39 is 0 Å². The first-order valence-electron chi connectivity index (χ1n) is 7.57. The van der Waals surface area contributed by atoms with Crippen LogP contribution >= 0.6 is 11.8 Å². The average Bonchev–Trinajstić information content (AvgIpc) is 3.19. The molecule has 0 spiro atoms. The van der Waals surface area contributed by atoms with Crippen molar-refractivity contribution in [3.05, 3.63) is 40.6 Å². The Hall–Kier alpha value is -2.13. The van der Waals surface area contributed by atoms with E-state index in [4.69, 9.17) is 4.74 Å². The van der Waals surface area contributed by atoms with Gasteiger partial charge in [-0.2, -0.15) is 0 Å². The monoisotopic (exact) mass is 352 g/mol. The molecule has 9 heteroatoms. The molecule has 2 aromatic rings. The van der Waals surface area contributed by atoms with Gasteiger partial charge in [-0.15, -0.1) is 5.10 Å². The van der Waals surface area contributed by atoms with Crippen molar-refractivity contribution >= 4 is 23.4 Å². The number of halogens is 1. The second-order valence-electron chi connectivity index (χ2n) is 5.40. The summed E-state index contributed by atoms with van der Waals surface area (Å²) in [6, 6.07) is 5.52. The smallest absolute Gasteiger partial charge is 0.344 e. The molecule has 7 nitrogen and oxygen atoms in total. The zero-order chi connectivity index (χ0) is 16.9. The first-order chi connectivity index (χ1) is 11.6. The van der Waals surface area contributed by atoms with Crippen LogP contribution < -0.4 is 11.0 Å².